The largest absolute Gasteiger partial charge is 0.358 e. The van der Waals surface area contributed by atoms with Gasteiger partial charge in [0.05, 0.1) is 11.7 Å². The lowest BCUT2D eigenvalue weighted by atomic mass is 9.99. The minimum absolute atomic E-state index is 0.222. The van der Waals surface area contributed by atoms with Gasteiger partial charge in [-0.1, -0.05) is 53.5 Å². The molecule has 0 unspecified atom stereocenters. The second-order valence-electron chi connectivity index (χ2n) is 6.87. The summed E-state index contributed by atoms with van der Waals surface area (Å²) in [6.45, 7) is 0. The van der Waals surface area contributed by atoms with E-state index in [1.165, 1.54) is 12.1 Å². The predicted octanol–water partition coefficient (Wildman–Crippen LogP) is 5.28. The van der Waals surface area contributed by atoms with E-state index in [4.69, 9.17) is 23.2 Å². The summed E-state index contributed by atoms with van der Waals surface area (Å²) in [7, 11) is 1.57. The molecule has 3 rings (SSSR count). The molecule has 2 N–H and O–H groups in total. The van der Waals surface area contributed by atoms with Gasteiger partial charge in [0.25, 0.3) is 0 Å². The summed E-state index contributed by atoms with van der Waals surface area (Å²) < 4.78 is 13.4. The van der Waals surface area contributed by atoms with E-state index in [1.807, 2.05) is 36.4 Å². The Balaban J connectivity index is 1.87. The Bertz CT molecular complexity index is 980. The Morgan fingerprint density at radius 1 is 1.03 bits per heavy atom. The number of amides is 1. The Kier molecular flexibility index (Phi) is 7.80. The molecule has 2 atom stereocenters. The first-order chi connectivity index (χ1) is 14.5. The van der Waals surface area contributed by atoms with Crippen LogP contribution in [0, 0.1) is 5.82 Å². The van der Waals surface area contributed by atoms with E-state index in [2.05, 4.69) is 15.6 Å². The number of hydrogen-bond acceptors (Lipinski definition) is 3. The summed E-state index contributed by atoms with van der Waals surface area (Å²) in [4.78, 5) is 17.1. The molecule has 0 aliphatic carbocycles. The number of nitrogens with zero attached hydrogens (tertiary/aromatic N) is 1. The van der Waals surface area contributed by atoms with Gasteiger partial charge >= 0.3 is 0 Å². The van der Waals surface area contributed by atoms with Gasteiger partial charge in [-0.25, -0.2) is 9.37 Å². The number of aromatic nitrogens is 1. The maximum Gasteiger partial charge on any atom is 0.241 e. The van der Waals surface area contributed by atoms with Crippen LogP contribution in [0.1, 0.15) is 35.3 Å². The number of carbonyl (C=O) groups excluding carboxylic acids is 1. The molecule has 0 saturated heterocycles. The third kappa shape index (κ3) is 6.02. The fraction of sp³-hybridized carbons (Fsp3) is 0.217. The van der Waals surface area contributed by atoms with E-state index in [0.29, 0.717) is 22.2 Å². The molecule has 4 nitrogen and oxygen atoms in total. The molecule has 30 heavy (non-hydrogen) atoms. The molecule has 0 bridgehead atoms. The number of carbonyl (C=O) groups is 1. The summed E-state index contributed by atoms with van der Waals surface area (Å²) in [6, 6.07) is 18.0. The monoisotopic (exact) mass is 445 g/mol. The van der Waals surface area contributed by atoms with Crippen molar-refractivity contribution in [1.82, 2.24) is 15.6 Å². The highest BCUT2D eigenvalue weighted by molar-refractivity contribution is 6.30. The van der Waals surface area contributed by atoms with Crippen LogP contribution in [0.2, 0.25) is 10.2 Å². The molecule has 2 aromatic carbocycles. The predicted molar refractivity (Wildman–Crippen MR) is 118 cm³/mol. The summed E-state index contributed by atoms with van der Waals surface area (Å²) in [6.07, 6.45) is 1.41. The van der Waals surface area contributed by atoms with Gasteiger partial charge in [-0.05, 0) is 60.4 Å². The third-order valence-electron chi connectivity index (χ3n) is 4.81. The van der Waals surface area contributed by atoms with Crippen LogP contribution in [-0.4, -0.2) is 17.9 Å². The zero-order valence-electron chi connectivity index (χ0n) is 16.4. The Labute approximate surface area is 185 Å². The number of halogens is 3. The van der Waals surface area contributed by atoms with Crippen LogP contribution in [0.25, 0.3) is 0 Å². The molecule has 3 aromatic rings. The molecule has 0 radical (unpaired) electrons. The molecule has 0 spiro atoms. The Morgan fingerprint density at radius 3 is 2.37 bits per heavy atom. The van der Waals surface area contributed by atoms with Crippen LogP contribution in [0.5, 0.6) is 0 Å². The summed E-state index contributed by atoms with van der Waals surface area (Å²) >= 11 is 12.1. The van der Waals surface area contributed by atoms with E-state index >= 15 is 0 Å². The van der Waals surface area contributed by atoms with Gasteiger partial charge in [-0.3, -0.25) is 10.1 Å². The second kappa shape index (κ2) is 10.5. The van der Waals surface area contributed by atoms with Crippen LogP contribution in [0.4, 0.5) is 4.39 Å². The molecule has 0 aliphatic rings. The van der Waals surface area contributed by atoms with Crippen molar-refractivity contribution in [2.45, 2.75) is 24.9 Å². The van der Waals surface area contributed by atoms with Crippen LogP contribution in [0.3, 0.4) is 0 Å². The van der Waals surface area contributed by atoms with Crippen molar-refractivity contribution in [1.29, 1.82) is 0 Å². The van der Waals surface area contributed by atoms with Crippen LogP contribution in [-0.2, 0) is 11.2 Å². The smallest absolute Gasteiger partial charge is 0.241 e. The second-order valence-corrected chi connectivity index (χ2v) is 7.69. The molecule has 0 saturated carbocycles. The van der Waals surface area contributed by atoms with E-state index in [1.54, 1.807) is 25.2 Å². The highest BCUT2D eigenvalue weighted by atomic mass is 35.5. The molecule has 1 amide bonds. The van der Waals surface area contributed by atoms with Gasteiger partial charge in [0.1, 0.15) is 17.0 Å². The number of aryl methyl sites for hydroxylation is 1. The van der Waals surface area contributed by atoms with Gasteiger partial charge in [-0.15, -0.1) is 0 Å². The molecule has 1 heterocycles. The van der Waals surface area contributed by atoms with Crippen molar-refractivity contribution in [3.05, 3.63) is 99.5 Å². The summed E-state index contributed by atoms with van der Waals surface area (Å²) in [5.41, 5.74) is 2.51. The summed E-state index contributed by atoms with van der Waals surface area (Å²) in [5.74, 6) is -0.578. The number of nitrogens with one attached hydrogen (secondary N) is 2. The van der Waals surface area contributed by atoms with E-state index in [-0.39, 0.29) is 17.8 Å². The van der Waals surface area contributed by atoms with Gasteiger partial charge in [0.15, 0.2) is 0 Å². The van der Waals surface area contributed by atoms with Gasteiger partial charge < -0.3 is 5.32 Å². The average molecular weight is 446 g/mol. The quantitative estimate of drug-likeness (QED) is 0.463. The SMILES string of the molecule is CNC(=O)[C@H](N[C@@H](CCc1ccc(Cl)cc1)c1cccc(Cl)n1)c1ccc(F)cc1. The van der Waals surface area contributed by atoms with Crippen molar-refractivity contribution >= 4 is 29.1 Å². The van der Waals surface area contributed by atoms with Crippen LogP contribution < -0.4 is 10.6 Å². The van der Waals surface area contributed by atoms with Crippen molar-refractivity contribution in [3.63, 3.8) is 0 Å². The number of benzene rings is 2. The fourth-order valence-electron chi connectivity index (χ4n) is 3.22. The maximum atomic E-state index is 13.4. The number of likely N-dealkylation sites (N-methyl/N-ethyl adjacent to an activating group) is 1. The molecule has 7 heteroatoms. The van der Waals surface area contributed by atoms with E-state index < -0.39 is 6.04 Å². The Hall–Kier alpha value is -2.47. The number of rotatable bonds is 8. The minimum atomic E-state index is -0.674. The molecular formula is C23H22Cl2FN3O. The first-order valence-corrected chi connectivity index (χ1v) is 10.3. The van der Waals surface area contributed by atoms with Gasteiger partial charge in [-0.2, -0.15) is 0 Å². The lowest BCUT2D eigenvalue weighted by Crippen LogP contribution is -2.38. The van der Waals surface area contributed by atoms with Crippen molar-refractivity contribution in [2.24, 2.45) is 0 Å². The van der Waals surface area contributed by atoms with Gasteiger partial charge in [0.2, 0.25) is 5.91 Å². The molecule has 1 aromatic heterocycles. The topological polar surface area (TPSA) is 54.0 Å². The van der Waals surface area contributed by atoms with Crippen molar-refractivity contribution in [2.75, 3.05) is 7.05 Å². The van der Waals surface area contributed by atoms with Crippen LogP contribution in [0.15, 0.2) is 66.7 Å². The zero-order valence-corrected chi connectivity index (χ0v) is 17.9. The normalized spacial score (nSPS) is 12.9. The lowest BCUT2D eigenvalue weighted by molar-refractivity contribution is -0.123. The third-order valence-corrected chi connectivity index (χ3v) is 5.27. The highest BCUT2D eigenvalue weighted by Crippen LogP contribution is 2.25. The molecular weight excluding hydrogens is 424 g/mol. The number of pyridine rings is 1. The minimum Gasteiger partial charge on any atom is -0.358 e. The average Bonchev–Trinajstić information content (AvgIpc) is 2.75. The standard InChI is InChI=1S/C23H22Cl2FN3O/c1-27-23(30)22(16-8-12-18(26)13-9-16)29-20(19-3-2-4-21(25)28-19)14-7-15-5-10-17(24)11-6-15/h2-6,8-13,20,22,29H,7,14H2,1H3,(H,27,30)/t20-,22+/m0/s1. The van der Waals surface area contributed by atoms with Gasteiger partial charge in [0, 0.05) is 12.1 Å². The lowest BCUT2D eigenvalue weighted by Gasteiger charge is -2.25. The molecule has 156 valence electrons. The first kappa shape index (κ1) is 22.2. The van der Waals surface area contributed by atoms with E-state index in [9.17, 15) is 9.18 Å². The van der Waals surface area contributed by atoms with E-state index in [0.717, 1.165) is 17.7 Å². The highest BCUT2D eigenvalue weighted by Gasteiger charge is 2.25. The Morgan fingerprint density at radius 2 is 1.73 bits per heavy atom. The molecule has 0 fully saturated rings. The zero-order chi connectivity index (χ0) is 21.5. The number of hydrogen-bond donors (Lipinski definition) is 2. The summed E-state index contributed by atoms with van der Waals surface area (Å²) in [5, 5.41) is 7.11. The van der Waals surface area contributed by atoms with Crippen molar-refractivity contribution in [3.8, 4) is 0 Å². The first-order valence-electron chi connectivity index (χ1n) is 9.56. The van der Waals surface area contributed by atoms with Crippen molar-refractivity contribution < 1.29 is 9.18 Å². The fourth-order valence-corrected chi connectivity index (χ4v) is 3.52. The molecule has 0 aliphatic heterocycles. The maximum absolute atomic E-state index is 13.4. The van der Waals surface area contributed by atoms with Crippen LogP contribution >= 0.6 is 23.2 Å².